The Morgan fingerprint density at radius 2 is 2.14 bits per heavy atom. The molecule has 0 amide bonds. The second-order valence-electron chi connectivity index (χ2n) is 4.99. The van der Waals surface area contributed by atoms with E-state index in [4.69, 9.17) is 0 Å². The van der Waals surface area contributed by atoms with E-state index in [1.54, 1.807) is 0 Å². The van der Waals surface area contributed by atoms with Gasteiger partial charge in [0, 0.05) is 12.4 Å². The van der Waals surface area contributed by atoms with Crippen LogP contribution in [0.25, 0.3) is 11.0 Å². The summed E-state index contributed by atoms with van der Waals surface area (Å²) in [6.07, 6.45) is 4.97. The molecule has 0 saturated heterocycles. The molecule has 2 aromatic heterocycles. The molecule has 74 valence electrons. The van der Waals surface area contributed by atoms with Gasteiger partial charge in [-0.1, -0.05) is 20.8 Å². The van der Waals surface area contributed by atoms with E-state index in [0.29, 0.717) is 5.41 Å². The third kappa shape index (κ3) is 1.95. The molecule has 14 heavy (non-hydrogen) atoms. The highest BCUT2D eigenvalue weighted by Crippen LogP contribution is 2.21. The maximum atomic E-state index is 4.39. The number of hydrogen-bond acceptors (Lipinski definition) is 1. The van der Waals surface area contributed by atoms with Crippen LogP contribution in [0, 0.1) is 5.41 Å². The summed E-state index contributed by atoms with van der Waals surface area (Å²) >= 11 is 0. The zero-order valence-electron chi connectivity index (χ0n) is 8.96. The fraction of sp³-hybridized carbons (Fsp3) is 0.417. The van der Waals surface area contributed by atoms with Gasteiger partial charge in [0.25, 0.3) is 0 Å². The molecule has 0 aromatic carbocycles. The highest BCUT2D eigenvalue weighted by Gasteiger charge is 2.11. The smallest absolute Gasteiger partial charge is 0.0878 e. The summed E-state index contributed by atoms with van der Waals surface area (Å²) in [4.78, 5) is 7.58. The van der Waals surface area contributed by atoms with Crippen molar-refractivity contribution < 1.29 is 0 Å². The van der Waals surface area contributed by atoms with Gasteiger partial charge >= 0.3 is 0 Å². The van der Waals surface area contributed by atoms with Crippen LogP contribution in [0.15, 0.2) is 24.5 Å². The van der Waals surface area contributed by atoms with E-state index in [1.165, 1.54) is 5.56 Å². The van der Waals surface area contributed by atoms with Crippen molar-refractivity contribution in [2.24, 2.45) is 5.41 Å². The molecule has 0 atom stereocenters. The molecule has 0 fully saturated rings. The fourth-order valence-electron chi connectivity index (χ4n) is 1.69. The molecular weight excluding hydrogens is 172 g/mol. The minimum atomic E-state index is 0.321. The molecule has 2 nitrogen and oxygen atoms in total. The minimum Gasteiger partial charge on any atom is -0.360 e. The highest BCUT2D eigenvalue weighted by atomic mass is 14.7. The monoisotopic (exact) mass is 188 g/mol. The number of pyridine rings is 1. The first-order valence-electron chi connectivity index (χ1n) is 4.97. The summed E-state index contributed by atoms with van der Waals surface area (Å²) in [5.41, 5.74) is 3.80. The standard InChI is InChI=1S/C12H16N2/c1-12(2,3)7-9-6-11-10(14-8-9)4-5-13-11/h4-6,8,13H,7H2,1-3H3. The summed E-state index contributed by atoms with van der Waals surface area (Å²) in [6, 6.07) is 4.18. The lowest BCUT2D eigenvalue weighted by Crippen LogP contribution is -2.09. The maximum absolute atomic E-state index is 4.39. The Bertz CT molecular complexity index is 435. The first-order valence-corrected chi connectivity index (χ1v) is 4.97. The minimum absolute atomic E-state index is 0.321. The van der Waals surface area contributed by atoms with Crippen molar-refractivity contribution in [2.75, 3.05) is 0 Å². The Labute approximate surface area is 84.4 Å². The van der Waals surface area contributed by atoms with E-state index in [2.05, 4.69) is 36.8 Å². The molecule has 0 spiro atoms. The van der Waals surface area contributed by atoms with Gasteiger partial charge in [-0.15, -0.1) is 0 Å². The van der Waals surface area contributed by atoms with Crippen molar-refractivity contribution in [3.8, 4) is 0 Å². The number of aromatic nitrogens is 2. The Morgan fingerprint density at radius 1 is 1.36 bits per heavy atom. The zero-order valence-corrected chi connectivity index (χ0v) is 8.96. The van der Waals surface area contributed by atoms with Crippen LogP contribution in [0.5, 0.6) is 0 Å². The summed E-state index contributed by atoms with van der Waals surface area (Å²) < 4.78 is 0. The lowest BCUT2D eigenvalue weighted by atomic mass is 9.89. The molecule has 0 bridgehead atoms. The molecule has 2 aromatic rings. The van der Waals surface area contributed by atoms with Crippen LogP contribution in [0.4, 0.5) is 0 Å². The van der Waals surface area contributed by atoms with Crippen LogP contribution in [-0.2, 0) is 6.42 Å². The highest BCUT2D eigenvalue weighted by molar-refractivity contribution is 5.75. The van der Waals surface area contributed by atoms with Crippen molar-refractivity contribution in [1.29, 1.82) is 0 Å². The van der Waals surface area contributed by atoms with E-state index in [0.717, 1.165) is 17.5 Å². The van der Waals surface area contributed by atoms with Gasteiger partial charge in [-0.25, -0.2) is 0 Å². The van der Waals surface area contributed by atoms with Gasteiger partial charge in [-0.2, -0.15) is 0 Å². The van der Waals surface area contributed by atoms with Crippen LogP contribution in [-0.4, -0.2) is 9.97 Å². The van der Waals surface area contributed by atoms with Crippen LogP contribution in [0.1, 0.15) is 26.3 Å². The SMILES string of the molecule is CC(C)(C)Cc1cnc2cc[nH]c2c1. The first-order chi connectivity index (χ1) is 6.54. The lowest BCUT2D eigenvalue weighted by molar-refractivity contribution is 0.411. The molecule has 0 aliphatic rings. The predicted octanol–water partition coefficient (Wildman–Crippen LogP) is 3.15. The van der Waals surface area contributed by atoms with Crippen LogP contribution in [0.3, 0.4) is 0 Å². The van der Waals surface area contributed by atoms with Crippen molar-refractivity contribution in [1.82, 2.24) is 9.97 Å². The maximum Gasteiger partial charge on any atom is 0.0878 e. The van der Waals surface area contributed by atoms with E-state index < -0.39 is 0 Å². The Kier molecular flexibility index (Phi) is 2.06. The van der Waals surface area contributed by atoms with Gasteiger partial charge in [0.1, 0.15) is 0 Å². The fourth-order valence-corrected chi connectivity index (χ4v) is 1.69. The van der Waals surface area contributed by atoms with E-state index in [9.17, 15) is 0 Å². The quantitative estimate of drug-likeness (QED) is 0.731. The van der Waals surface area contributed by atoms with Gasteiger partial charge in [0.2, 0.25) is 0 Å². The summed E-state index contributed by atoms with van der Waals surface area (Å²) in [5, 5.41) is 0. The molecule has 0 aliphatic heterocycles. The van der Waals surface area contributed by atoms with Gasteiger partial charge in [-0.05, 0) is 29.5 Å². The van der Waals surface area contributed by atoms with Crippen molar-refractivity contribution in [2.45, 2.75) is 27.2 Å². The number of fused-ring (bicyclic) bond motifs is 1. The normalized spacial score (nSPS) is 12.2. The molecule has 0 saturated carbocycles. The summed E-state index contributed by atoms with van der Waals surface area (Å²) in [5.74, 6) is 0. The number of H-pyrrole nitrogens is 1. The van der Waals surface area contributed by atoms with Gasteiger partial charge in [-0.3, -0.25) is 4.98 Å². The molecular formula is C12H16N2. The van der Waals surface area contributed by atoms with Crippen LogP contribution < -0.4 is 0 Å². The van der Waals surface area contributed by atoms with Crippen molar-refractivity contribution >= 4 is 11.0 Å². The molecule has 1 N–H and O–H groups in total. The zero-order chi connectivity index (χ0) is 10.2. The Balaban J connectivity index is 2.35. The number of nitrogens with one attached hydrogen (secondary N) is 1. The first kappa shape index (κ1) is 9.25. The van der Waals surface area contributed by atoms with Gasteiger partial charge in [0.05, 0.1) is 11.0 Å². The predicted molar refractivity (Wildman–Crippen MR) is 59.3 cm³/mol. The van der Waals surface area contributed by atoms with Crippen LogP contribution in [0.2, 0.25) is 0 Å². The Morgan fingerprint density at radius 3 is 2.86 bits per heavy atom. The van der Waals surface area contributed by atoms with Gasteiger partial charge in [0.15, 0.2) is 0 Å². The largest absolute Gasteiger partial charge is 0.360 e. The number of nitrogens with zero attached hydrogens (tertiary/aromatic N) is 1. The molecule has 2 rings (SSSR count). The molecule has 0 unspecified atom stereocenters. The molecule has 0 aliphatic carbocycles. The third-order valence-electron chi connectivity index (χ3n) is 2.19. The molecule has 2 heteroatoms. The number of aromatic amines is 1. The second kappa shape index (κ2) is 3.12. The molecule has 0 radical (unpaired) electrons. The van der Waals surface area contributed by atoms with Crippen molar-refractivity contribution in [3.05, 3.63) is 30.1 Å². The van der Waals surface area contributed by atoms with Gasteiger partial charge < -0.3 is 4.98 Å². The summed E-state index contributed by atoms with van der Waals surface area (Å²) in [6.45, 7) is 6.73. The number of rotatable bonds is 1. The second-order valence-corrected chi connectivity index (χ2v) is 4.99. The Hall–Kier alpha value is -1.31. The van der Waals surface area contributed by atoms with E-state index >= 15 is 0 Å². The topological polar surface area (TPSA) is 28.7 Å². The summed E-state index contributed by atoms with van der Waals surface area (Å²) in [7, 11) is 0. The van der Waals surface area contributed by atoms with E-state index in [1.807, 2.05) is 18.5 Å². The lowest BCUT2D eigenvalue weighted by Gasteiger charge is -2.17. The third-order valence-corrected chi connectivity index (χ3v) is 2.19. The average molecular weight is 188 g/mol. The van der Waals surface area contributed by atoms with Crippen LogP contribution >= 0.6 is 0 Å². The average Bonchev–Trinajstić information content (AvgIpc) is 2.47. The van der Waals surface area contributed by atoms with E-state index in [-0.39, 0.29) is 0 Å². The van der Waals surface area contributed by atoms with Crippen molar-refractivity contribution in [3.63, 3.8) is 0 Å². The number of hydrogen-bond donors (Lipinski definition) is 1. The molecule has 2 heterocycles.